The van der Waals surface area contributed by atoms with Crippen molar-refractivity contribution in [3.05, 3.63) is 30.1 Å². The summed E-state index contributed by atoms with van der Waals surface area (Å²) >= 11 is 0. The summed E-state index contributed by atoms with van der Waals surface area (Å²) < 4.78 is 40.2. The molecule has 0 spiro atoms. The molecular formula is C17H27FN2O4S. The Morgan fingerprint density at radius 2 is 1.72 bits per heavy atom. The molecule has 6 nitrogen and oxygen atoms in total. The third-order valence-electron chi connectivity index (χ3n) is 3.68. The largest absolute Gasteiger partial charge is 0.394 e. The molecule has 1 aromatic rings. The summed E-state index contributed by atoms with van der Waals surface area (Å²) in [5.41, 5.74) is 0. The monoisotopic (exact) mass is 374 g/mol. The zero-order valence-electron chi connectivity index (χ0n) is 15.0. The van der Waals surface area contributed by atoms with E-state index in [2.05, 4.69) is 10.0 Å². The van der Waals surface area contributed by atoms with Gasteiger partial charge < -0.3 is 10.4 Å². The average molecular weight is 374 g/mol. The van der Waals surface area contributed by atoms with Crippen LogP contribution in [0.5, 0.6) is 0 Å². The summed E-state index contributed by atoms with van der Waals surface area (Å²) in [6, 6.07) is 2.93. The first-order valence-corrected chi connectivity index (χ1v) is 9.74. The molecule has 1 amide bonds. The molecule has 3 N–H and O–H groups in total. The van der Waals surface area contributed by atoms with Crippen molar-refractivity contribution < 1.29 is 22.7 Å². The third-order valence-corrected chi connectivity index (χ3v) is 5.13. The fourth-order valence-corrected chi connectivity index (χ4v) is 3.72. The Labute approximate surface area is 148 Å². The van der Waals surface area contributed by atoms with E-state index in [9.17, 15) is 22.7 Å². The van der Waals surface area contributed by atoms with Gasteiger partial charge in [0.1, 0.15) is 11.9 Å². The summed E-state index contributed by atoms with van der Waals surface area (Å²) in [7, 11) is -3.97. The first-order chi connectivity index (χ1) is 11.6. The lowest BCUT2D eigenvalue weighted by molar-refractivity contribution is -0.124. The molecule has 0 heterocycles. The van der Waals surface area contributed by atoms with Gasteiger partial charge in [0.05, 0.1) is 17.5 Å². The second-order valence-corrected chi connectivity index (χ2v) is 8.53. The summed E-state index contributed by atoms with van der Waals surface area (Å²) in [5.74, 6) is -1.09. The Balaban J connectivity index is 2.92. The van der Waals surface area contributed by atoms with E-state index in [1.165, 1.54) is 0 Å². The number of halogens is 1. The molecule has 0 radical (unpaired) electrons. The van der Waals surface area contributed by atoms with Crippen LogP contribution in [0, 0.1) is 17.7 Å². The lowest BCUT2D eigenvalue weighted by atomic mass is 10.0. The maximum atomic E-state index is 13.0. The van der Waals surface area contributed by atoms with Gasteiger partial charge in [-0.25, -0.2) is 12.8 Å². The zero-order valence-corrected chi connectivity index (χ0v) is 15.8. The molecule has 0 aliphatic rings. The van der Waals surface area contributed by atoms with E-state index >= 15 is 0 Å². The highest BCUT2D eigenvalue weighted by molar-refractivity contribution is 7.89. The highest BCUT2D eigenvalue weighted by Crippen LogP contribution is 2.13. The minimum absolute atomic E-state index is 0.117. The van der Waals surface area contributed by atoms with Crippen molar-refractivity contribution in [2.75, 3.05) is 6.61 Å². The molecular weight excluding hydrogens is 347 g/mol. The Bertz CT molecular complexity index is 660. The van der Waals surface area contributed by atoms with Crippen LogP contribution in [0.1, 0.15) is 34.1 Å². The minimum atomic E-state index is -3.97. The van der Waals surface area contributed by atoms with Crippen molar-refractivity contribution in [1.82, 2.24) is 10.0 Å². The normalized spacial score (nSPS) is 14.6. The van der Waals surface area contributed by atoms with Gasteiger partial charge in [-0.3, -0.25) is 4.79 Å². The first kappa shape index (κ1) is 21.5. The highest BCUT2D eigenvalue weighted by Gasteiger charge is 2.29. The van der Waals surface area contributed by atoms with E-state index in [0.717, 1.165) is 24.3 Å². The van der Waals surface area contributed by atoms with Crippen LogP contribution >= 0.6 is 0 Å². The SMILES string of the molecule is CC(C)C[C@@H](CO)NC(=O)[C@@H](NS(=O)(=O)c1ccc(F)cc1)C(C)C. The van der Waals surface area contributed by atoms with E-state index in [1.54, 1.807) is 13.8 Å². The Kier molecular flexibility index (Phi) is 7.98. The van der Waals surface area contributed by atoms with Crippen molar-refractivity contribution in [2.24, 2.45) is 11.8 Å². The number of carbonyl (C=O) groups excluding carboxylic acids is 1. The van der Waals surface area contributed by atoms with Crippen molar-refractivity contribution in [3.63, 3.8) is 0 Å². The van der Waals surface area contributed by atoms with Gasteiger partial charge in [0, 0.05) is 0 Å². The second-order valence-electron chi connectivity index (χ2n) is 6.81. The van der Waals surface area contributed by atoms with Crippen LogP contribution in [-0.4, -0.2) is 38.1 Å². The first-order valence-electron chi connectivity index (χ1n) is 8.26. The zero-order chi connectivity index (χ0) is 19.2. The number of aliphatic hydroxyl groups is 1. The van der Waals surface area contributed by atoms with Crippen molar-refractivity contribution in [2.45, 2.75) is 51.1 Å². The van der Waals surface area contributed by atoms with Crippen LogP contribution in [-0.2, 0) is 14.8 Å². The maximum absolute atomic E-state index is 13.0. The number of hydrogen-bond acceptors (Lipinski definition) is 4. The van der Waals surface area contributed by atoms with Gasteiger partial charge in [-0.15, -0.1) is 0 Å². The quantitative estimate of drug-likeness (QED) is 0.612. The van der Waals surface area contributed by atoms with Gasteiger partial charge >= 0.3 is 0 Å². The molecule has 1 aromatic carbocycles. The Morgan fingerprint density at radius 3 is 2.16 bits per heavy atom. The number of rotatable bonds is 9. The molecule has 0 unspecified atom stereocenters. The van der Waals surface area contributed by atoms with Crippen molar-refractivity contribution in [1.29, 1.82) is 0 Å². The van der Waals surface area contributed by atoms with E-state index in [4.69, 9.17) is 0 Å². The lowest BCUT2D eigenvalue weighted by Gasteiger charge is -2.25. The number of hydrogen-bond donors (Lipinski definition) is 3. The summed E-state index contributed by atoms with van der Waals surface area (Å²) in [5, 5.41) is 12.1. The number of aliphatic hydroxyl groups excluding tert-OH is 1. The van der Waals surface area contributed by atoms with Gasteiger partial charge in [0.25, 0.3) is 0 Å². The third kappa shape index (κ3) is 6.72. The van der Waals surface area contributed by atoms with Crippen LogP contribution in [0.2, 0.25) is 0 Å². The fraction of sp³-hybridized carbons (Fsp3) is 0.588. The van der Waals surface area contributed by atoms with Crippen molar-refractivity contribution in [3.8, 4) is 0 Å². The number of benzene rings is 1. The molecule has 25 heavy (non-hydrogen) atoms. The van der Waals surface area contributed by atoms with Gasteiger partial charge in [-0.1, -0.05) is 27.7 Å². The van der Waals surface area contributed by atoms with Crippen LogP contribution in [0.25, 0.3) is 0 Å². The summed E-state index contributed by atoms with van der Waals surface area (Å²) in [4.78, 5) is 12.4. The van der Waals surface area contributed by atoms with E-state index in [-0.39, 0.29) is 23.3 Å². The maximum Gasteiger partial charge on any atom is 0.241 e. The molecule has 0 bridgehead atoms. The van der Waals surface area contributed by atoms with E-state index < -0.39 is 33.8 Å². The smallest absolute Gasteiger partial charge is 0.241 e. The molecule has 0 aliphatic carbocycles. The summed E-state index contributed by atoms with van der Waals surface area (Å²) in [6.45, 7) is 7.14. The van der Waals surface area contributed by atoms with Crippen LogP contribution in [0.4, 0.5) is 4.39 Å². The van der Waals surface area contributed by atoms with Gasteiger partial charge in [0.2, 0.25) is 15.9 Å². The molecule has 142 valence electrons. The van der Waals surface area contributed by atoms with Crippen molar-refractivity contribution >= 4 is 15.9 Å². The topological polar surface area (TPSA) is 95.5 Å². The van der Waals surface area contributed by atoms with Crippen LogP contribution < -0.4 is 10.0 Å². The minimum Gasteiger partial charge on any atom is -0.394 e. The second kappa shape index (κ2) is 9.26. The number of sulfonamides is 1. The predicted molar refractivity (Wildman–Crippen MR) is 93.8 cm³/mol. The highest BCUT2D eigenvalue weighted by atomic mass is 32.2. The number of carbonyl (C=O) groups is 1. The number of nitrogens with one attached hydrogen (secondary N) is 2. The lowest BCUT2D eigenvalue weighted by Crippen LogP contribution is -2.52. The Morgan fingerprint density at radius 1 is 1.16 bits per heavy atom. The number of amides is 1. The molecule has 0 fully saturated rings. The van der Waals surface area contributed by atoms with Crippen LogP contribution in [0.3, 0.4) is 0 Å². The molecule has 2 atom stereocenters. The van der Waals surface area contributed by atoms with E-state index in [0.29, 0.717) is 6.42 Å². The fourth-order valence-electron chi connectivity index (χ4n) is 2.38. The molecule has 0 saturated heterocycles. The van der Waals surface area contributed by atoms with Gasteiger partial charge in [-0.2, -0.15) is 4.72 Å². The molecule has 0 aromatic heterocycles. The average Bonchev–Trinajstić information content (AvgIpc) is 2.51. The Hall–Kier alpha value is -1.51. The molecule has 0 aliphatic heterocycles. The van der Waals surface area contributed by atoms with Crippen LogP contribution in [0.15, 0.2) is 29.2 Å². The van der Waals surface area contributed by atoms with Gasteiger partial charge in [-0.05, 0) is 42.5 Å². The van der Waals surface area contributed by atoms with E-state index in [1.807, 2.05) is 13.8 Å². The van der Waals surface area contributed by atoms with Gasteiger partial charge in [0.15, 0.2) is 0 Å². The predicted octanol–water partition coefficient (Wildman–Crippen LogP) is 1.65. The summed E-state index contributed by atoms with van der Waals surface area (Å²) in [6.07, 6.45) is 0.581. The standard InChI is InChI=1S/C17H27FN2O4S/c1-11(2)9-14(10-21)19-17(22)16(12(3)4)20-25(23,24)15-7-5-13(18)6-8-15/h5-8,11-12,14,16,20-21H,9-10H2,1-4H3,(H,19,22)/t14-,16-/m0/s1. The molecule has 8 heteroatoms. The molecule has 1 rings (SSSR count). The molecule has 0 saturated carbocycles.